The van der Waals surface area contributed by atoms with Crippen molar-refractivity contribution in [2.75, 3.05) is 20.8 Å². The number of aliphatic hydroxyl groups is 1. The minimum atomic E-state index is -0.423. The molecule has 1 unspecified atom stereocenters. The largest absolute Gasteiger partial charge is 0.496 e. The van der Waals surface area contributed by atoms with Crippen LogP contribution in [0, 0.1) is 0 Å². The molecule has 0 spiro atoms. The Kier molecular flexibility index (Phi) is 4.85. The molecule has 0 radical (unpaired) electrons. The summed E-state index contributed by atoms with van der Waals surface area (Å²) >= 11 is 0. The van der Waals surface area contributed by atoms with Crippen LogP contribution in [0.5, 0.6) is 17.2 Å². The molecule has 0 bridgehead atoms. The van der Waals surface area contributed by atoms with Gasteiger partial charge in [0.15, 0.2) is 0 Å². The van der Waals surface area contributed by atoms with Crippen molar-refractivity contribution in [1.29, 1.82) is 0 Å². The van der Waals surface area contributed by atoms with Gasteiger partial charge in [-0.1, -0.05) is 30.3 Å². The number of methoxy groups -OCH3 is 2. The van der Waals surface area contributed by atoms with Crippen molar-refractivity contribution in [2.24, 2.45) is 0 Å². The normalized spacial score (nSPS) is 11.8. The summed E-state index contributed by atoms with van der Waals surface area (Å²) in [5, 5.41) is 9.51. The number of rotatable bonds is 6. The lowest BCUT2D eigenvalue weighted by Crippen LogP contribution is -2.12. The fourth-order valence-electron chi connectivity index (χ4n) is 1.89. The molecule has 0 aromatic heterocycles. The summed E-state index contributed by atoms with van der Waals surface area (Å²) < 4.78 is 16.2. The molecule has 2 aromatic carbocycles. The fraction of sp³-hybridized carbons (Fsp3) is 0.250. The maximum absolute atomic E-state index is 9.51. The van der Waals surface area contributed by atoms with E-state index >= 15 is 0 Å². The van der Waals surface area contributed by atoms with Gasteiger partial charge in [-0.3, -0.25) is 0 Å². The van der Waals surface area contributed by atoms with Crippen LogP contribution in [0.2, 0.25) is 0 Å². The first-order chi connectivity index (χ1) is 9.76. The predicted octanol–water partition coefficient (Wildman–Crippen LogP) is 2.82. The van der Waals surface area contributed by atoms with Crippen molar-refractivity contribution in [2.45, 2.75) is 6.10 Å². The molecule has 4 nitrogen and oxygen atoms in total. The third-order valence-electron chi connectivity index (χ3n) is 2.94. The molecule has 0 aliphatic heterocycles. The van der Waals surface area contributed by atoms with Crippen LogP contribution < -0.4 is 14.2 Å². The third kappa shape index (κ3) is 3.42. The molecular weight excluding hydrogens is 256 g/mol. The van der Waals surface area contributed by atoms with Crippen LogP contribution in [0.4, 0.5) is 0 Å². The third-order valence-corrected chi connectivity index (χ3v) is 2.94. The van der Waals surface area contributed by atoms with Gasteiger partial charge in [-0.05, 0) is 5.56 Å². The molecule has 1 atom stereocenters. The molecule has 0 saturated carbocycles. The molecule has 0 aliphatic carbocycles. The highest BCUT2D eigenvalue weighted by atomic mass is 16.5. The van der Waals surface area contributed by atoms with E-state index < -0.39 is 6.10 Å². The highest BCUT2D eigenvalue weighted by molar-refractivity contribution is 5.42. The summed E-state index contributed by atoms with van der Waals surface area (Å²) in [6, 6.07) is 14.9. The van der Waals surface area contributed by atoms with E-state index in [9.17, 15) is 5.11 Å². The molecule has 0 saturated heterocycles. The van der Waals surface area contributed by atoms with Crippen molar-refractivity contribution in [3.05, 3.63) is 54.1 Å². The number of benzene rings is 2. The van der Waals surface area contributed by atoms with E-state index in [4.69, 9.17) is 14.2 Å². The van der Waals surface area contributed by atoms with Gasteiger partial charge in [0, 0.05) is 18.2 Å². The molecule has 1 N–H and O–H groups in total. The van der Waals surface area contributed by atoms with Crippen LogP contribution in [0.3, 0.4) is 0 Å². The topological polar surface area (TPSA) is 47.9 Å². The minimum Gasteiger partial charge on any atom is -0.496 e. The van der Waals surface area contributed by atoms with Crippen LogP contribution in [-0.4, -0.2) is 25.9 Å². The van der Waals surface area contributed by atoms with Crippen LogP contribution >= 0.6 is 0 Å². The highest BCUT2D eigenvalue weighted by Gasteiger charge is 2.13. The van der Waals surface area contributed by atoms with Gasteiger partial charge in [0.2, 0.25) is 0 Å². The monoisotopic (exact) mass is 274 g/mol. The van der Waals surface area contributed by atoms with E-state index in [1.54, 1.807) is 32.4 Å². The summed E-state index contributed by atoms with van der Waals surface area (Å²) in [6.07, 6.45) is -0.423. The second-order valence-electron chi connectivity index (χ2n) is 4.25. The number of aliphatic hydroxyl groups excluding tert-OH is 1. The Morgan fingerprint density at radius 2 is 1.45 bits per heavy atom. The Labute approximate surface area is 118 Å². The van der Waals surface area contributed by atoms with Crippen molar-refractivity contribution >= 4 is 0 Å². The Morgan fingerprint density at radius 1 is 0.900 bits per heavy atom. The van der Waals surface area contributed by atoms with Crippen molar-refractivity contribution in [1.82, 2.24) is 0 Å². The summed E-state index contributed by atoms with van der Waals surface area (Å²) in [4.78, 5) is 0. The number of hydrogen-bond acceptors (Lipinski definition) is 4. The van der Waals surface area contributed by atoms with Crippen molar-refractivity contribution < 1.29 is 19.3 Å². The van der Waals surface area contributed by atoms with Gasteiger partial charge in [-0.25, -0.2) is 0 Å². The summed E-state index contributed by atoms with van der Waals surface area (Å²) in [5.41, 5.74) is 0.914. The lowest BCUT2D eigenvalue weighted by molar-refractivity contribution is 0.116. The van der Waals surface area contributed by atoms with Crippen molar-refractivity contribution in [3.8, 4) is 17.2 Å². The molecule has 0 fully saturated rings. The summed E-state index contributed by atoms with van der Waals surface area (Å²) in [6.45, 7) is -0.108. The Bertz CT molecular complexity index is 517. The first-order valence-corrected chi connectivity index (χ1v) is 6.32. The second-order valence-corrected chi connectivity index (χ2v) is 4.25. The van der Waals surface area contributed by atoms with Gasteiger partial charge < -0.3 is 19.3 Å². The molecule has 0 heterocycles. The Balaban J connectivity index is 2.23. The zero-order valence-electron chi connectivity index (χ0n) is 11.6. The lowest BCUT2D eigenvalue weighted by Gasteiger charge is -2.18. The quantitative estimate of drug-likeness (QED) is 0.880. The van der Waals surface area contributed by atoms with Gasteiger partial charge in [0.1, 0.15) is 23.4 Å². The molecule has 106 valence electrons. The Hall–Kier alpha value is -2.20. The summed E-state index contributed by atoms with van der Waals surface area (Å²) in [7, 11) is 3.17. The van der Waals surface area contributed by atoms with Gasteiger partial charge in [0.05, 0.1) is 20.8 Å². The van der Waals surface area contributed by atoms with E-state index in [0.717, 1.165) is 5.56 Å². The van der Waals surface area contributed by atoms with E-state index in [1.807, 2.05) is 30.3 Å². The first-order valence-electron chi connectivity index (χ1n) is 6.32. The fourth-order valence-corrected chi connectivity index (χ4v) is 1.89. The van der Waals surface area contributed by atoms with E-state index in [0.29, 0.717) is 17.2 Å². The average molecular weight is 274 g/mol. The Morgan fingerprint density at radius 3 is 1.95 bits per heavy atom. The molecule has 0 aliphatic rings. The average Bonchev–Trinajstić information content (AvgIpc) is 2.53. The van der Waals surface area contributed by atoms with Crippen LogP contribution in [-0.2, 0) is 0 Å². The zero-order chi connectivity index (χ0) is 14.4. The minimum absolute atomic E-state index is 0.108. The number of ether oxygens (including phenoxy) is 3. The first kappa shape index (κ1) is 14.2. The predicted molar refractivity (Wildman–Crippen MR) is 76.4 cm³/mol. The number of hydrogen-bond donors (Lipinski definition) is 1. The molecule has 20 heavy (non-hydrogen) atoms. The molecular formula is C16H18O4. The van der Waals surface area contributed by atoms with Gasteiger partial charge in [-0.15, -0.1) is 0 Å². The molecule has 2 aromatic rings. The van der Waals surface area contributed by atoms with E-state index in [1.165, 1.54) is 0 Å². The van der Waals surface area contributed by atoms with Crippen LogP contribution in [0.15, 0.2) is 48.5 Å². The van der Waals surface area contributed by atoms with Crippen LogP contribution in [0.1, 0.15) is 11.7 Å². The standard InChI is InChI=1S/C16H18O4/c1-18-13-8-14(19-2)10-15(9-13)20-16(11-17)12-6-4-3-5-7-12/h3-10,16-17H,11H2,1-2H3. The van der Waals surface area contributed by atoms with Gasteiger partial charge >= 0.3 is 0 Å². The molecule has 0 amide bonds. The van der Waals surface area contributed by atoms with Gasteiger partial charge in [0.25, 0.3) is 0 Å². The maximum Gasteiger partial charge on any atom is 0.147 e. The second kappa shape index (κ2) is 6.82. The van der Waals surface area contributed by atoms with Crippen molar-refractivity contribution in [3.63, 3.8) is 0 Å². The zero-order valence-corrected chi connectivity index (χ0v) is 11.6. The SMILES string of the molecule is COc1cc(OC)cc(OC(CO)c2ccccc2)c1. The summed E-state index contributed by atoms with van der Waals surface area (Å²) in [5.74, 6) is 1.87. The molecule has 4 heteroatoms. The van der Waals surface area contributed by atoms with Crippen LogP contribution in [0.25, 0.3) is 0 Å². The van der Waals surface area contributed by atoms with E-state index in [-0.39, 0.29) is 6.61 Å². The highest BCUT2D eigenvalue weighted by Crippen LogP contribution is 2.30. The van der Waals surface area contributed by atoms with Gasteiger partial charge in [-0.2, -0.15) is 0 Å². The maximum atomic E-state index is 9.51. The smallest absolute Gasteiger partial charge is 0.147 e. The lowest BCUT2D eigenvalue weighted by atomic mass is 10.1. The molecule has 2 rings (SSSR count). The van der Waals surface area contributed by atoms with E-state index in [2.05, 4.69) is 0 Å².